The molecular formula is C19H19ClN4O. The topological polar surface area (TPSA) is 50.2 Å². The highest BCUT2D eigenvalue weighted by Gasteiger charge is 2.11. The first kappa shape index (κ1) is 17.0. The summed E-state index contributed by atoms with van der Waals surface area (Å²) in [6, 6.07) is 14.8. The normalized spacial score (nSPS) is 10.5. The SMILES string of the molecule is CN(C)c1ccc(Cl)cc1NC(=O)c1ccc(Cn2cccn2)cc1. The maximum atomic E-state index is 12.5. The molecule has 0 aliphatic carbocycles. The van der Waals surface area contributed by atoms with Crippen molar-refractivity contribution in [1.82, 2.24) is 9.78 Å². The van der Waals surface area contributed by atoms with Crippen molar-refractivity contribution in [3.8, 4) is 0 Å². The van der Waals surface area contributed by atoms with Gasteiger partial charge in [0, 0.05) is 37.1 Å². The van der Waals surface area contributed by atoms with Gasteiger partial charge < -0.3 is 10.2 Å². The van der Waals surface area contributed by atoms with Gasteiger partial charge in [-0.3, -0.25) is 9.48 Å². The number of halogens is 1. The zero-order valence-corrected chi connectivity index (χ0v) is 14.9. The number of rotatable bonds is 5. The Morgan fingerprint density at radius 3 is 2.60 bits per heavy atom. The van der Waals surface area contributed by atoms with E-state index in [2.05, 4.69) is 10.4 Å². The minimum absolute atomic E-state index is 0.170. The molecule has 1 heterocycles. The van der Waals surface area contributed by atoms with Crippen molar-refractivity contribution in [1.29, 1.82) is 0 Å². The first-order valence-electron chi connectivity index (χ1n) is 7.87. The minimum atomic E-state index is -0.170. The van der Waals surface area contributed by atoms with Crippen molar-refractivity contribution in [3.63, 3.8) is 0 Å². The van der Waals surface area contributed by atoms with Crippen LogP contribution >= 0.6 is 11.6 Å². The summed E-state index contributed by atoms with van der Waals surface area (Å²) in [4.78, 5) is 14.5. The Morgan fingerprint density at radius 1 is 1.20 bits per heavy atom. The van der Waals surface area contributed by atoms with Crippen LogP contribution in [-0.2, 0) is 6.54 Å². The van der Waals surface area contributed by atoms with Gasteiger partial charge in [0.2, 0.25) is 0 Å². The van der Waals surface area contributed by atoms with Crippen molar-refractivity contribution >= 4 is 28.9 Å². The van der Waals surface area contributed by atoms with Crippen LogP contribution in [0.2, 0.25) is 5.02 Å². The molecule has 0 aliphatic rings. The van der Waals surface area contributed by atoms with Gasteiger partial charge in [-0.25, -0.2) is 0 Å². The summed E-state index contributed by atoms with van der Waals surface area (Å²) < 4.78 is 1.84. The maximum Gasteiger partial charge on any atom is 0.255 e. The minimum Gasteiger partial charge on any atom is -0.376 e. The van der Waals surface area contributed by atoms with Crippen molar-refractivity contribution in [2.45, 2.75) is 6.54 Å². The van der Waals surface area contributed by atoms with E-state index in [1.807, 2.05) is 66.3 Å². The quantitative estimate of drug-likeness (QED) is 0.756. The van der Waals surface area contributed by atoms with Crippen molar-refractivity contribution in [2.24, 2.45) is 0 Å². The van der Waals surface area contributed by atoms with Gasteiger partial charge in [0.1, 0.15) is 0 Å². The van der Waals surface area contributed by atoms with E-state index in [0.29, 0.717) is 22.8 Å². The first-order valence-corrected chi connectivity index (χ1v) is 8.25. The largest absolute Gasteiger partial charge is 0.376 e. The monoisotopic (exact) mass is 354 g/mol. The molecule has 6 heteroatoms. The highest BCUT2D eigenvalue weighted by atomic mass is 35.5. The van der Waals surface area contributed by atoms with Crippen LogP contribution in [0.3, 0.4) is 0 Å². The lowest BCUT2D eigenvalue weighted by molar-refractivity contribution is 0.102. The molecular weight excluding hydrogens is 336 g/mol. The van der Waals surface area contributed by atoms with E-state index in [1.54, 1.807) is 18.3 Å². The molecule has 1 aromatic heterocycles. The van der Waals surface area contributed by atoms with E-state index in [0.717, 1.165) is 11.3 Å². The van der Waals surface area contributed by atoms with Gasteiger partial charge >= 0.3 is 0 Å². The van der Waals surface area contributed by atoms with E-state index in [9.17, 15) is 4.79 Å². The third kappa shape index (κ3) is 4.19. The summed E-state index contributed by atoms with van der Waals surface area (Å²) >= 11 is 6.06. The smallest absolute Gasteiger partial charge is 0.255 e. The van der Waals surface area contributed by atoms with Gasteiger partial charge in [-0.05, 0) is 42.0 Å². The van der Waals surface area contributed by atoms with E-state index in [-0.39, 0.29) is 5.91 Å². The number of carbonyl (C=O) groups is 1. The number of amides is 1. The second kappa shape index (κ2) is 7.40. The molecule has 3 rings (SSSR count). The second-order valence-corrected chi connectivity index (χ2v) is 6.35. The van der Waals surface area contributed by atoms with Crippen LogP contribution in [0.15, 0.2) is 60.9 Å². The average molecular weight is 355 g/mol. The fourth-order valence-corrected chi connectivity index (χ4v) is 2.71. The van der Waals surface area contributed by atoms with Crippen LogP contribution in [0, 0.1) is 0 Å². The summed E-state index contributed by atoms with van der Waals surface area (Å²) in [6.07, 6.45) is 3.65. The Labute approximate surface area is 151 Å². The Morgan fingerprint density at radius 2 is 1.96 bits per heavy atom. The Bertz CT molecular complexity index is 858. The lowest BCUT2D eigenvalue weighted by atomic mass is 10.1. The molecule has 0 unspecified atom stereocenters. The van der Waals surface area contributed by atoms with Crippen LogP contribution in [0.5, 0.6) is 0 Å². The molecule has 0 spiro atoms. The van der Waals surface area contributed by atoms with E-state index in [1.165, 1.54) is 0 Å². The fourth-order valence-electron chi connectivity index (χ4n) is 2.54. The number of nitrogens with one attached hydrogen (secondary N) is 1. The molecule has 0 bridgehead atoms. The van der Waals surface area contributed by atoms with Gasteiger partial charge in [-0.1, -0.05) is 23.7 Å². The Hall–Kier alpha value is -2.79. The molecule has 25 heavy (non-hydrogen) atoms. The molecule has 0 atom stereocenters. The number of hydrogen-bond donors (Lipinski definition) is 1. The number of hydrogen-bond acceptors (Lipinski definition) is 3. The number of benzene rings is 2. The average Bonchev–Trinajstić information content (AvgIpc) is 3.08. The molecule has 0 fully saturated rings. The number of carbonyl (C=O) groups excluding carboxylic acids is 1. The third-order valence-corrected chi connectivity index (χ3v) is 4.04. The molecule has 5 nitrogen and oxygen atoms in total. The lowest BCUT2D eigenvalue weighted by Crippen LogP contribution is -2.16. The summed E-state index contributed by atoms with van der Waals surface area (Å²) in [5.74, 6) is -0.170. The van der Waals surface area contributed by atoms with Gasteiger partial charge in [-0.15, -0.1) is 0 Å². The van der Waals surface area contributed by atoms with E-state index >= 15 is 0 Å². The van der Waals surface area contributed by atoms with Gasteiger partial charge in [0.25, 0.3) is 5.91 Å². The van der Waals surface area contributed by atoms with Crippen LogP contribution in [0.25, 0.3) is 0 Å². The third-order valence-electron chi connectivity index (χ3n) is 3.81. The van der Waals surface area contributed by atoms with E-state index < -0.39 is 0 Å². The first-order chi connectivity index (χ1) is 12.0. The molecule has 2 aromatic carbocycles. The maximum absolute atomic E-state index is 12.5. The fraction of sp³-hybridized carbons (Fsp3) is 0.158. The molecule has 1 N–H and O–H groups in total. The van der Waals surface area contributed by atoms with E-state index in [4.69, 9.17) is 11.6 Å². The summed E-state index contributed by atoms with van der Waals surface area (Å²) in [7, 11) is 3.84. The Balaban J connectivity index is 1.74. The molecule has 0 saturated carbocycles. The number of anilines is 2. The molecule has 0 aliphatic heterocycles. The predicted molar refractivity (Wildman–Crippen MR) is 102 cm³/mol. The number of aromatic nitrogens is 2. The molecule has 0 saturated heterocycles. The highest BCUT2D eigenvalue weighted by molar-refractivity contribution is 6.31. The summed E-state index contributed by atoms with van der Waals surface area (Å²) in [6.45, 7) is 0.675. The highest BCUT2D eigenvalue weighted by Crippen LogP contribution is 2.28. The van der Waals surface area contributed by atoms with Crippen LogP contribution in [-0.4, -0.2) is 29.8 Å². The van der Waals surface area contributed by atoms with Crippen LogP contribution < -0.4 is 10.2 Å². The predicted octanol–water partition coefficient (Wildman–Crippen LogP) is 3.90. The zero-order valence-electron chi connectivity index (χ0n) is 14.1. The van der Waals surface area contributed by atoms with Gasteiger partial charge in [0.15, 0.2) is 0 Å². The molecule has 1 amide bonds. The molecule has 0 radical (unpaired) electrons. The van der Waals surface area contributed by atoms with Gasteiger partial charge in [0.05, 0.1) is 17.9 Å². The van der Waals surface area contributed by atoms with Crippen molar-refractivity contribution in [2.75, 3.05) is 24.3 Å². The lowest BCUT2D eigenvalue weighted by Gasteiger charge is -2.18. The van der Waals surface area contributed by atoms with Gasteiger partial charge in [-0.2, -0.15) is 5.10 Å². The zero-order chi connectivity index (χ0) is 17.8. The second-order valence-electron chi connectivity index (χ2n) is 5.91. The van der Waals surface area contributed by atoms with Crippen molar-refractivity contribution < 1.29 is 4.79 Å². The molecule has 128 valence electrons. The van der Waals surface area contributed by atoms with Crippen LogP contribution in [0.1, 0.15) is 15.9 Å². The number of nitrogens with zero attached hydrogens (tertiary/aromatic N) is 3. The van der Waals surface area contributed by atoms with Crippen LogP contribution in [0.4, 0.5) is 11.4 Å². The molecule has 3 aromatic rings. The summed E-state index contributed by atoms with van der Waals surface area (Å²) in [5, 5.41) is 7.69. The van der Waals surface area contributed by atoms with Crippen molar-refractivity contribution in [3.05, 3.63) is 77.1 Å². The summed E-state index contributed by atoms with van der Waals surface area (Å²) in [5.41, 5.74) is 3.25. The Kier molecular flexibility index (Phi) is 5.05. The standard InChI is InChI=1S/C19H19ClN4O/c1-23(2)18-9-8-16(20)12-17(18)22-19(25)15-6-4-14(5-7-15)13-24-11-3-10-21-24/h3-12H,13H2,1-2H3,(H,22,25).